The van der Waals surface area contributed by atoms with Gasteiger partial charge in [0, 0.05) is 39.7 Å². The molecule has 0 saturated heterocycles. The van der Waals surface area contributed by atoms with Crippen LogP contribution >= 0.6 is 27.5 Å². The largest absolute Gasteiger partial charge is 0.459 e. The minimum absolute atomic E-state index is 0.0467. The van der Waals surface area contributed by atoms with E-state index >= 15 is 0 Å². The second kappa shape index (κ2) is 8.95. The topological polar surface area (TPSA) is 120 Å². The lowest BCUT2D eigenvalue weighted by atomic mass is 9.93. The number of aromatic nitrogens is 1. The van der Waals surface area contributed by atoms with E-state index in [9.17, 15) is 4.79 Å². The summed E-state index contributed by atoms with van der Waals surface area (Å²) in [6, 6.07) is 8.85. The first kappa shape index (κ1) is 21.1. The van der Waals surface area contributed by atoms with Crippen LogP contribution in [0.25, 0.3) is 11.0 Å². The van der Waals surface area contributed by atoms with Crippen molar-refractivity contribution in [1.82, 2.24) is 10.3 Å². The van der Waals surface area contributed by atoms with Gasteiger partial charge in [0.15, 0.2) is 0 Å². The normalized spacial score (nSPS) is 18.5. The van der Waals surface area contributed by atoms with Crippen molar-refractivity contribution in [3.8, 4) is 0 Å². The second-order valence-electron chi connectivity index (χ2n) is 7.01. The molecule has 4 rings (SSSR count). The number of carbonyl (C=O) groups is 1. The van der Waals surface area contributed by atoms with Gasteiger partial charge in [-0.05, 0) is 42.5 Å². The fourth-order valence-corrected chi connectivity index (χ4v) is 4.09. The Labute approximate surface area is 192 Å². The zero-order valence-electron chi connectivity index (χ0n) is 16.3. The monoisotopic (exact) mass is 499 g/mol. The molecule has 1 aliphatic carbocycles. The summed E-state index contributed by atoms with van der Waals surface area (Å²) in [6.07, 6.45) is 8.86. The fraction of sp³-hybridized carbons (Fsp3) is 0.136. The Morgan fingerprint density at radius 3 is 2.94 bits per heavy atom. The summed E-state index contributed by atoms with van der Waals surface area (Å²) in [4.78, 5) is 20.6. The molecule has 3 aromatic rings. The Balaban J connectivity index is 1.51. The molecule has 9 heteroatoms. The van der Waals surface area contributed by atoms with Gasteiger partial charge in [-0.3, -0.25) is 4.79 Å². The third-order valence-electron chi connectivity index (χ3n) is 4.89. The zero-order chi connectivity index (χ0) is 22.0. The van der Waals surface area contributed by atoms with E-state index in [1.165, 1.54) is 18.6 Å². The lowest BCUT2D eigenvalue weighted by Crippen LogP contribution is -2.26. The number of benzene rings is 1. The smallest absolute Gasteiger partial charge is 0.255 e. The van der Waals surface area contributed by atoms with Crippen molar-refractivity contribution in [2.75, 3.05) is 5.73 Å². The van der Waals surface area contributed by atoms with Gasteiger partial charge in [0.25, 0.3) is 5.91 Å². The highest BCUT2D eigenvalue weighted by atomic mass is 79.9. The number of nitrogens with one attached hydrogen (secondary N) is 1. The number of fused-ring (bicyclic) bond motifs is 1. The van der Waals surface area contributed by atoms with Crippen molar-refractivity contribution in [3.05, 3.63) is 76.3 Å². The number of allylic oxidation sites excluding steroid dienone is 3. The standard InChI is InChI=1S/C22H19BrClN5O2/c23-14-2-4-18-16(9-14)21(28-11-25)19(31-18)7-12-1-3-15(10-17(12)24)29-22(30)13-5-6-27-20(26)8-13/h1-6,8-12,17H,7H2,(H2,25,28)(H2,26,27)(H,29,30). The number of furan rings is 1. The van der Waals surface area contributed by atoms with Gasteiger partial charge in [-0.2, -0.15) is 0 Å². The molecular formula is C22H19BrClN5O2. The molecule has 0 bridgehead atoms. The lowest BCUT2D eigenvalue weighted by molar-refractivity contribution is 0.0967. The van der Waals surface area contributed by atoms with E-state index in [0.29, 0.717) is 29.1 Å². The van der Waals surface area contributed by atoms with Crippen LogP contribution in [0, 0.1) is 5.92 Å². The molecule has 1 aliphatic rings. The lowest BCUT2D eigenvalue weighted by Gasteiger charge is -2.21. The van der Waals surface area contributed by atoms with E-state index in [2.05, 4.69) is 31.2 Å². The van der Waals surface area contributed by atoms with E-state index in [1.54, 1.807) is 12.1 Å². The number of nitrogens with two attached hydrogens (primary N) is 2. The van der Waals surface area contributed by atoms with Gasteiger partial charge in [0.2, 0.25) is 0 Å². The Morgan fingerprint density at radius 2 is 2.19 bits per heavy atom. The number of aliphatic imine (C=N–C) groups is 1. The highest BCUT2D eigenvalue weighted by Crippen LogP contribution is 2.37. The predicted octanol–water partition coefficient (Wildman–Crippen LogP) is 4.44. The number of hydrogen-bond donors (Lipinski definition) is 3. The van der Waals surface area contributed by atoms with E-state index in [-0.39, 0.29) is 23.0 Å². The molecule has 158 valence electrons. The summed E-state index contributed by atoms with van der Waals surface area (Å²) in [5.41, 5.74) is 13.7. The molecule has 0 radical (unpaired) electrons. The molecule has 0 aliphatic heterocycles. The summed E-state index contributed by atoms with van der Waals surface area (Å²) >= 11 is 10.1. The van der Waals surface area contributed by atoms with Crippen molar-refractivity contribution < 1.29 is 9.21 Å². The molecule has 1 amide bonds. The highest BCUT2D eigenvalue weighted by Gasteiger charge is 2.24. The van der Waals surface area contributed by atoms with Crippen molar-refractivity contribution in [2.24, 2.45) is 16.6 Å². The van der Waals surface area contributed by atoms with Crippen LogP contribution in [0.5, 0.6) is 0 Å². The number of amides is 1. The predicted molar refractivity (Wildman–Crippen MR) is 126 cm³/mol. The number of rotatable bonds is 5. The molecule has 2 aromatic heterocycles. The van der Waals surface area contributed by atoms with Crippen LogP contribution in [0.1, 0.15) is 16.1 Å². The number of halogens is 2. The number of alkyl halides is 1. The molecule has 2 heterocycles. The Morgan fingerprint density at radius 1 is 1.35 bits per heavy atom. The first-order valence-corrected chi connectivity index (χ1v) is 10.7. The Hall–Kier alpha value is -3.10. The molecule has 2 atom stereocenters. The molecule has 5 N–H and O–H groups in total. The first-order valence-electron chi connectivity index (χ1n) is 9.47. The maximum Gasteiger partial charge on any atom is 0.255 e. The van der Waals surface area contributed by atoms with Gasteiger partial charge in [-0.15, -0.1) is 11.6 Å². The van der Waals surface area contributed by atoms with Crippen LogP contribution in [0.4, 0.5) is 11.5 Å². The average Bonchev–Trinajstić information content (AvgIpc) is 3.07. The summed E-state index contributed by atoms with van der Waals surface area (Å²) in [7, 11) is 0. The third kappa shape index (κ3) is 4.65. The number of nitrogen functional groups attached to an aromatic ring is 1. The number of carbonyl (C=O) groups excluding carboxylic acids is 1. The molecule has 31 heavy (non-hydrogen) atoms. The van der Waals surface area contributed by atoms with E-state index in [1.807, 2.05) is 30.4 Å². The van der Waals surface area contributed by atoms with Crippen LogP contribution in [-0.2, 0) is 6.42 Å². The number of hydrogen-bond acceptors (Lipinski definition) is 5. The van der Waals surface area contributed by atoms with Crippen molar-refractivity contribution in [3.63, 3.8) is 0 Å². The van der Waals surface area contributed by atoms with Crippen LogP contribution in [0.2, 0.25) is 0 Å². The third-order valence-corrected chi connectivity index (χ3v) is 5.83. The van der Waals surface area contributed by atoms with Crippen LogP contribution in [0.3, 0.4) is 0 Å². The van der Waals surface area contributed by atoms with E-state index < -0.39 is 0 Å². The SMILES string of the molecule is NC=Nc1c(CC2C=CC(NC(=O)c3ccnc(N)c3)=CC2Cl)oc2ccc(Br)cc12. The first-order chi connectivity index (χ1) is 14.9. The van der Waals surface area contributed by atoms with Gasteiger partial charge < -0.3 is 21.2 Å². The quantitative estimate of drug-likeness (QED) is 0.272. The van der Waals surface area contributed by atoms with Crippen molar-refractivity contribution >= 4 is 62.3 Å². The van der Waals surface area contributed by atoms with E-state index in [0.717, 1.165) is 15.4 Å². The number of nitrogens with zero attached hydrogens (tertiary/aromatic N) is 2. The minimum Gasteiger partial charge on any atom is -0.459 e. The molecular weight excluding hydrogens is 482 g/mol. The van der Waals surface area contributed by atoms with Gasteiger partial charge in [0.05, 0.1) is 11.7 Å². The van der Waals surface area contributed by atoms with Crippen molar-refractivity contribution in [1.29, 1.82) is 0 Å². The van der Waals surface area contributed by atoms with Gasteiger partial charge >= 0.3 is 0 Å². The van der Waals surface area contributed by atoms with Crippen molar-refractivity contribution in [2.45, 2.75) is 11.8 Å². The minimum atomic E-state index is -0.350. The summed E-state index contributed by atoms with van der Waals surface area (Å²) in [5, 5.41) is 3.36. The van der Waals surface area contributed by atoms with Crippen LogP contribution in [-0.4, -0.2) is 22.6 Å². The molecule has 0 fully saturated rings. The van der Waals surface area contributed by atoms with Gasteiger partial charge in [0.1, 0.15) is 22.8 Å². The fourth-order valence-electron chi connectivity index (χ4n) is 3.42. The van der Waals surface area contributed by atoms with E-state index in [4.69, 9.17) is 27.5 Å². The number of anilines is 1. The Bertz CT molecular complexity index is 1230. The molecule has 7 nitrogen and oxygen atoms in total. The van der Waals surface area contributed by atoms with Gasteiger partial charge in [-0.25, -0.2) is 9.98 Å². The molecule has 1 aromatic carbocycles. The second-order valence-corrected chi connectivity index (χ2v) is 8.43. The summed E-state index contributed by atoms with van der Waals surface area (Å²) < 4.78 is 6.95. The molecule has 2 unspecified atom stereocenters. The van der Waals surface area contributed by atoms with Crippen LogP contribution < -0.4 is 16.8 Å². The average molecular weight is 501 g/mol. The summed E-state index contributed by atoms with van der Waals surface area (Å²) in [6.45, 7) is 0. The van der Waals surface area contributed by atoms with Gasteiger partial charge in [-0.1, -0.05) is 22.0 Å². The zero-order valence-corrected chi connectivity index (χ0v) is 18.6. The molecule has 0 saturated carbocycles. The molecule has 0 spiro atoms. The van der Waals surface area contributed by atoms with Crippen LogP contribution in [0.15, 0.2) is 74.3 Å². The maximum atomic E-state index is 12.4. The summed E-state index contributed by atoms with van der Waals surface area (Å²) in [5.74, 6) is 0.650. The highest BCUT2D eigenvalue weighted by molar-refractivity contribution is 9.10. The Kier molecular flexibility index (Phi) is 6.11. The number of pyridine rings is 1. The maximum absolute atomic E-state index is 12.4.